The molecule has 0 aliphatic carbocycles. The van der Waals surface area contributed by atoms with E-state index in [9.17, 15) is 13.2 Å². The van der Waals surface area contributed by atoms with Crippen LogP contribution in [0.4, 0.5) is 0 Å². The molecule has 0 spiro atoms. The molecule has 1 atom stereocenters. The maximum atomic E-state index is 12.1. The quantitative estimate of drug-likeness (QED) is 0.884. The van der Waals surface area contributed by atoms with Crippen LogP contribution in [0, 0.1) is 0 Å². The van der Waals surface area contributed by atoms with Gasteiger partial charge in [0, 0.05) is 12.4 Å². The van der Waals surface area contributed by atoms with Crippen molar-refractivity contribution in [3.63, 3.8) is 0 Å². The Balaban J connectivity index is 2.21. The minimum Gasteiger partial charge on any atom is -0.481 e. The highest BCUT2D eigenvalue weighted by Crippen LogP contribution is 2.28. The molecule has 0 bridgehead atoms. The van der Waals surface area contributed by atoms with Crippen LogP contribution in [0.5, 0.6) is 0 Å². The zero-order chi connectivity index (χ0) is 15.6. The Bertz CT molecular complexity index is 717. The molecule has 0 radical (unpaired) electrons. The van der Waals surface area contributed by atoms with Gasteiger partial charge in [-0.1, -0.05) is 18.2 Å². The first kappa shape index (κ1) is 15.5. The van der Waals surface area contributed by atoms with Gasteiger partial charge in [0.25, 0.3) is 0 Å². The summed E-state index contributed by atoms with van der Waals surface area (Å²) in [5.41, 5.74) is 0.690. The largest absolute Gasteiger partial charge is 0.481 e. The summed E-state index contributed by atoms with van der Waals surface area (Å²) < 4.78 is 31.0. The average Bonchev–Trinajstić information content (AvgIpc) is 2.87. The second-order valence-electron chi connectivity index (χ2n) is 4.84. The maximum absolute atomic E-state index is 12.1. The molecule has 0 aliphatic rings. The van der Waals surface area contributed by atoms with E-state index in [0.717, 1.165) is 9.69 Å². The lowest BCUT2D eigenvalue weighted by Crippen LogP contribution is -2.32. The van der Waals surface area contributed by atoms with Crippen LogP contribution in [0.15, 0.2) is 34.7 Å². The number of benzene rings is 1. The molecular formula is C14H17NO5S. The molecule has 7 heteroatoms. The lowest BCUT2D eigenvalue weighted by molar-refractivity contribution is -0.136. The molecule has 6 nitrogen and oxygen atoms in total. The summed E-state index contributed by atoms with van der Waals surface area (Å²) in [6.07, 6.45) is -0.417. The fraction of sp³-hybridized carbons (Fsp3) is 0.357. The summed E-state index contributed by atoms with van der Waals surface area (Å²) in [5.74, 6) is -1.04. The van der Waals surface area contributed by atoms with Crippen LogP contribution in [0.1, 0.15) is 25.1 Å². The first-order chi connectivity index (χ1) is 9.81. The Kier molecular flexibility index (Phi) is 4.34. The first-order valence-electron chi connectivity index (χ1n) is 6.47. The maximum Gasteiger partial charge on any atom is 0.304 e. The molecule has 0 saturated carbocycles. The van der Waals surface area contributed by atoms with E-state index in [0.29, 0.717) is 11.3 Å². The van der Waals surface area contributed by atoms with Crippen LogP contribution < -0.4 is 0 Å². The number of nitrogens with zero attached hydrogens (tertiary/aromatic N) is 1. The van der Waals surface area contributed by atoms with Crippen LogP contribution in [-0.4, -0.2) is 36.6 Å². The van der Waals surface area contributed by atoms with Crippen molar-refractivity contribution < 1.29 is 22.7 Å². The van der Waals surface area contributed by atoms with Crippen LogP contribution in [-0.2, 0) is 14.8 Å². The standard InChI is InChI=1S/C14H17NO5S/c1-10(15(2)21(18,19)8-7-14(16)17)13-9-11-5-3-4-6-12(11)20-13/h3-6,9-10H,7-8H2,1-2H3,(H,16,17). The number of aliphatic carboxylic acids is 1. The molecule has 0 aliphatic heterocycles. The fourth-order valence-corrected chi connectivity index (χ4v) is 3.29. The highest BCUT2D eigenvalue weighted by molar-refractivity contribution is 7.89. The van der Waals surface area contributed by atoms with Crippen molar-refractivity contribution in [3.8, 4) is 0 Å². The van der Waals surface area contributed by atoms with Gasteiger partial charge >= 0.3 is 5.97 Å². The van der Waals surface area contributed by atoms with Crippen molar-refractivity contribution in [1.82, 2.24) is 4.31 Å². The summed E-state index contributed by atoms with van der Waals surface area (Å²) in [5, 5.41) is 9.51. The van der Waals surface area contributed by atoms with E-state index in [-0.39, 0.29) is 0 Å². The van der Waals surface area contributed by atoms with Crippen molar-refractivity contribution in [1.29, 1.82) is 0 Å². The Morgan fingerprint density at radius 2 is 2.05 bits per heavy atom. The molecule has 1 heterocycles. The van der Waals surface area contributed by atoms with E-state index in [1.54, 1.807) is 13.0 Å². The molecule has 2 aromatic rings. The molecular weight excluding hydrogens is 294 g/mol. The third kappa shape index (κ3) is 3.43. The Morgan fingerprint density at radius 3 is 2.67 bits per heavy atom. The molecule has 21 heavy (non-hydrogen) atoms. The Morgan fingerprint density at radius 1 is 1.38 bits per heavy atom. The van der Waals surface area contributed by atoms with Crippen LogP contribution in [0.2, 0.25) is 0 Å². The number of rotatable bonds is 6. The zero-order valence-corrected chi connectivity index (χ0v) is 12.6. The normalized spacial score (nSPS) is 13.7. The lowest BCUT2D eigenvalue weighted by atomic mass is 10.2. The Hall–Kier alpha value is -1.86. The predicted molar refractivity (Wildman–Crippen MR) is 78.4 cm³/mol. The summed E-state index contributed by atoms with van der Waals surface area (Å²) in [6.45, 7) is 1.70. The van der Waals surface area contributed by atoms with Crippen LogP contribution in [0.25, 0.3) is 11.0 Å². The molecule has 1 aromatic heterocycles. The van der Waals surface area contributed by atoms with Crippen molar-refractivity contribution in [2.75, 3.05) is 12.8 Å². The van der Waals surface area contributed by atoms with Crippen molar-refractivity contribution in [3.05, 3.63) is 36.1 Å². The van der Waals surface area contributed by atoms with Gasteiger partial charge in [0.1, 0.15) is 11.3 Å². The average molecular weight is 311 g/mol. The van der Waals surface area contributed by atoms with Crippen molar-refractivity contribution in [2.24, 2.45) is 0 Å². The van der Waals surface area contributed by atoms with Gasteiger partial charge < -0.3 is 9.52 Å². The van der Waals surface area contributed by atoms with Gasteiger partial charge in [-0.05, 0) is 19.1 Å². The van der Waals surface area contributed by atoms with E-state index in [1.165, 1.54) is 7.05 Å². The number of hydrogen-bond donors (Lipinski definition) is 1. The number of para-hydroxylation sites is 1. The number of sulfonamides is 1. The second-order valence-corrected chi connectivity index (χ2v) is 6.99. The number of hydrogen-bond acceptors (Lipinski definition) is 4. The zero-order valence-electron chi connectivity index (χ0n) is 11.8. The molecule has 1 aromatic carbocycles. The van der Waals surface area contributed by atoms with Gasteiger partial charge in [0.2, 0.25) is 10.0 Å². The van der Waals surface area contributed by atoms with Gasteiger partial charge in [-0.2, -0.15) is 4.31 Å². The second kappa shape index (κ2) is 5.87. The molecule has 114 valence electrons. The number of fused-ring (bicyclic) bond motifs is 1. The predicted octanol–water partition coefficient (Wildman–Crippen LogP) is 2.23. The minimum absolute atomic E-state index is 0.417. The van der Waals surface area contributed by atoms with Crippen LogP contribution >= 0.6 is 0 Å². The van der Waals surface area contributed by atoms with E-state index < -0.39 is 34.2 Å². The SMILES string of the molecule is CC(c1cc2ccccc2o1)N(C)S(=O)(=O)CCC(=O)O. The number of furan rings is 1. The summed E-state index contributed by atoms with van der Waals surface area (Å²) in [4.78, 5) is 10.5. The minimum atomic E-state index is -3.65. The summed E-state index contributed by atoms with van der Waals surface area (Å²) >= 11 is 0. The fourth-order valence-electron chi connectivity index (χ4n) is 1.99. The van der Waals surface area contributed by atoms with E-state index in [4.69, 9.17) is 9.52 Å². The summed E-state index contributed by atoms with van der Waals surface area (Å²) in [6, 6.07) is 8.70. The van der Waals surface area contributed by atoms with Crippen molar-refractivity contribution in [2.45, 2.75) is 19.4 Å². The number of carboxylic acids is 1. The highest BCUT2D eigenvalue weighted by atomic mass is 32.2. The van der Waals surface area contributed by atoms with E-state index >= 15 is 0 Å². The van der Waals surface area contributed by atoms with Gasteiger partial charge in [-0.3, -0.25) is 4.79 Å². The molecule has 0 saturated heterocycles. The molecule has 0 amide bonds. The smallest absolute Gasteiger partial charge is 0.304 e. The topological polar surface area (TPSA) is 87.8 Å². The lowest BCUT2D eigenvalue weighted by Gasteiger charge is -2.22. The van der Waals surface area contributed by atoms with Gasteiger partial charge in [0.15, 0.2) is 0 Å². The van der Waals surface area contributed by atoms with Gasteiger partial charge in [-0.15, -0.1) is 0 Å². The Labute approximate surface area is 123 Å². The number of carbonyl (C=O) groups is 1. The van der Waals surface area contributed by atoms with E-state index in [2.05, 4.69) is 0 Å². The highest BCUT2D eigenvalue weighted by Gasteiger charge is 2.27. The molecule has 1 unspecified atom stereocenters. The first-order valence-corrected chi connectivity index (χ1v) is 8.08. The van der Waals surface area contributed by atoms with E-state index in [1.807, 2.05) is 24.3 Å². The van der Waals surface area contributed by atoms with Gasteiger partial charge in [0.05, 0.1) is 18.2 Å². The van der Waals surface area contributed by atoms with Crippen molar-refractivity contribution >= 4 is 27.0 Å². The monoisotopic (exact) mass is 311 g/mol. The summed E-state index contributed by atoms with van der Waals surface area (Å²) in [7, 11) is -2.22. The van der Waals surface area contributed by atoms with Gasteiger partial charge in [-0.25, -0.2) is 8.42 Å². The van der Waals surface area contributed by atoms with Crippen LogP contribution in [0.3, 0.4) is 0 Å². The third-order valence-electron chi connectivity index (χ3n) is 3.41. The molecule has 0 fully saturated rings. The number of carboxylic acid groups (broad SMARTS) is 1. The third-order valence-corrected chi connectivity index (χ3v) is 5.33. The molecule has 1 N–H and O–H groups in total. The molecule has 2 rings (SSSR count).